The second-order valence-corrected chi connectivity index (χ2v) is 8.49. The summed E-state index contributed by atoms with van der Waals surface area (Å²) in [7, 11) is 3.25. The normalized spacial score (nSPS) is 18.6. The molecule has 0 bridgehead atoms. The molecule has 1 saturated heterocycles. The number of Topliss-reactive ketones (excluding diaryl/α,β-unsaturated/α-hetero) is 1. The van der Waals surface area contributed by atoms with Crippen molar-refractivity contribution < 1.29 is 19.1 Å². The Labute approximate surface area is 189 Å². The molecule has 1 aliphatic rings. The molecular formula is C25H30ClNO4. The molecule has 0 N–H and O–H groups in total. The van der Waals surface area contributed by atoms with E-state index in [4.69, 9.17) is 21.1 Å². The standard InChI is InChI=1S/C25H30ClNO4/c1-30-14-12-25(29)27-13-11-24(19-5-9-23(31-2)10-6-19)20(17-27)16-22(28)15-18-3-7-21(26)8-4-18/h3-10,20,24H,11-17H2,1-2H3/t20-,24?/m1/s1. The first kappa shape index (κ1) is 23.3. The molecule has 2 atom stereocenters. The number of piperidine rings is 1. The number of hydrogen-bond acceptors (Lipinski definition) is 4. The van der Waals surface area contributed by atoms with Crippen LogP contribution in [0.4, 0.5) is 0 Å². The predicted octanol–water partition coefficient (Wildman–Crippen LogP) is 4.52. The molecule has 1 heterocycles. The summed E-state index contributed by atoms with van der Waals surface area (Å²) in [4.78, 5) is 27.4. The predicted molar refractivity (Wildman–Crippen MR) is 122 cm³/mol. The van der Waals surface area contributed by atoms with E-state index in [0.29, 0.717) is 44.0 Å². The summed E-state index contributed by atoms with van der Waals surface area (Å²) in [6.45, 7) is 1.70. The van der Waals surface area contributed by atoms with Gasteiger partial charge in [-0.25, -0.2) is 0 Å². The number of rotatable bonds is 9. The van der Waals surface area contributed by atoms with E-state index in [1.54, 1.807) is 26.4 Å². The fourth-order valence-electron chi connectivity index (χ4n) is 4.30. The van der Waals surface area contributed by atoms with Crippen LogP contribution in [0.25, 0.3) is 0 Å². The molecule has 0 aliphatic carbocycles. The van der Waals surface area contributed by atoms with Gasteiger partial charge in [0, 0.05) is 38.1 Å². The molecule has 31 heavy (non-hydrogen) atoms. The van der Waals surface area contributed by atoms with Crippen molar-refractivity contribution in [2.45, 2.75) is 31.6 Å². The molecule has 1 aliphatic heterocycles. The number of likely N-dealkylation sites (tertiary alicyclic amines) is 1. The average Bonchev–Trinajstić information content (AvgIpc) is 2.79. The molecule has 1 amide bonds. The zero-order chi connectivity index (χ0) is 22.2. The molecule has 6 heteroatoms. The van der Waals surface area contributed by atoms with Crippen LogP contribution >= 0.6 is 11.6 Å². The molecule has 3 rings (SSSR count). The fraction of sp³-hybridized carbons (Fsp3) is 0.440. The lowest BCUT2D eigenvalue weighted by Gasteiger charge is -2.39. The highest BCUT2D eigenvalue weighted by atomic mass is 35.5. The first-order valence-corrected chi connectivity index (χ1v) is 11.0. The maximum atomic E-state index is 12.9. The molecule has 2 aromatic rings. The summed E-state index contributed by atoms with van der Waals surface area (Å²) in [6, 6.07) is 15.5. The van der Waals surface area contributed by atoms with Crippen LogP contribution in [0.3, 0.4) is 0 Å². The Kier molecular flexibility index (Phi) is 8.50. The minimum absolute atomic E-state index is 0.0773. The lowest BCUT2D eigenvalue weighted by molar-refractivity contribution is -0.135. The van der Waals surface area contributed by atoms with E-state index < -0.39 is 0 Å². The van der Waals surface area contributed by atoms with Crippen molar-refractivity contribution in [1.82, 2.24) is 4.90 Å². The van der Waals surface area contributed by atoms with Crippen molar-refractivity contribution >= 4 is 23.3 Å². The molecule has 166 valence electrons. The third-order valence-electron chi connectivity index (χ3n) is 5.96. The zero-order valence-corrected chi connectivity index (χ0v) is 18.9. The second kappa shape index (κ2) is 11.3. The fourth-order valence-corrected chi connectivity index (χ4v) is 4.42. The van der Waals surface area contributed by atoms with Gasteiger partial charge in [-0.15, -0.1) is 0 Å². The van der Waals surface area contributed by atoms with Crippen LogP contribution in [0, 0.1) is 5.92 Å². The first-order chi connectivity index (χ1) is 15.0. The monoisotopic (exact) mass is 443 g/mol. The lowest BCUT2D eigenvalue weighted by atomic mass is 9.77. The van der Waals surface area contributed by atoms with Gasteiger partial charge in [-0.2, -0.15) is 0 Å². The SMILES string of the molecule is COCCC(=O)N1CCC(c2ccc(OC)cc2)[C@H](CC(=O)Cc2ccc(Cl)cc2)C1. The quantitative estimate of drug-likeness (QED) is 0.571. The van der Waals surface area contributed by atoms with Crippen molar-refractivity contribution in [2.24, 2.45) is 5.92 Å². The van der Waals surface area contributed by atoms with Gasteiger partial charge in [-0.3, -0.25) is 9.59 Å². The molecule has 0 radical (unpaired) electrons. The molecule has 5 nitrogen and oxygen atoms in total. The van der Waals surface area contributed by atoms with E-state index in [1.807, 2.05) is 29.2 Å². The number of benzene rings is 2. The van der Waals surface area contributed by atoms with Crippen LogP contribution in [0.15, 0.2) is 48.5 Å². The molecular weight excluding hydrogens is 414 g/mol. The number of methoxy groups -OCH3 is 2. The van der Waals surface area contributed by atoms with Gasteiger partial charge < -0.3 is 14.4 Å². The molecule has 0 saturated carbocycles. The van der Waals surface area contributed by atoms with E-state index in [1.165, 1.54) is 5.56 Å². The highest BCUT2D eigenvalue weighted by molar-refractivity contribution is 6.30. The summed E-state index contributed by atoms with van der Waals surface area (Å²) < 4.78 is 10.3. The number of amides is 1. The molecule has 1 fully saturated rings. The number of nitrogens with zero attached hydrogens (tertiary/aromatic N) is 1. The first-order valence-electron chi connectivity index (χ1n) is 10.7. The molecule has 1 unspecified atom stereocenters. The summed E-state index contributed by atoms with van der Waals surface area (Å²) in [5.74, 6) is 1.38. The Balaban J connectivity index is 1.73. The Hall–Kier alpha value is -2.37. The van der Waals surface area contributed by atoms with Crippen LogP contribution < -0.4 is 4.74 Å². The lowest BCUT2D eigenvalue weighted by Crippen LogP contribution is -2.44. The van der Waals surface area contributed by atoms with E-state index in [9.17, 15) is 9.59 Å². The number of halogens is 1. The topological polar surface area (TPSA) is 55.8 Å². The number of carbonyl (C=O) groups excluding carboxylic acids is 2. The van der Waals surface area contributed by atoms with Gasteiger partial charge >= 0.3 is 0 Å². The Bertz CT molecular complexity index is 866. The smallest absolute Gasteiger partial charge is 0.224 e. The third kappa shape index (κ3) is 6.55. The summed E-state index contributed by atoms with van der Waals surface area (Å²) in [6.07, 6.45) is 2.02. The van der Waals surface area contributed by atoms with Crippen LogP contribution in [0.1, 0.15) is 36.3 Å². The molecule has 2 aromatic carbocycles. The van der Waals surface area contributed by atoms with Crippen molar-refractivity contribution in [2.75, 3.05) is 33.9 Å². The average molecular weight is 444 g/mol. The summed E-state index contributed by atoms with van der Waals surface area (Å²) in [5, 5.41) is 0.660. The van der Waals surface area contributed by atoms with Gasteiger partial charge in [0.1, 0.15) is 11.5 Å². The minimum Gasteiger partial charge on any atom is -0.497 e. The summed E-state index contributed by atoms with van der Waals surface area (Å²) in [5.41, 5.74) is 2.15. The van der Waals surface area contributed by atoms with Crippen LogP contribution in [0.5, 0.6) is 5.75 Å². The maximum absolute atomic E-state index is 12.9. The van der Waals surface area contributed by atoms with Gasteiger partial charge in [0.15, 0.2) is 0 Å². The van der Waals surface area contributed by atoms with Gasteiger partial charge in [-0.05, 0) is 53.6 Å². The number of ether oxygens (including phenoxy) is 2. The largest absolute Gasteiger partial charge is 0.497 e. The number of hydrogen-bond donors (Lipinski definition) is 0. The Morgan fingerprint density at radius 2 is 1.77 bits per heavy atom. The highest BCUT2D eigenvalue weighted by Gasteiger charge is 2.33. The van der Waals surface area contributed by atoms with Crippen molar-refractivity contribution in [3.63, 3.8) is 0 Å². The molecule has 0 spiro atoms. The van der Waals surface area contributed by atoms with Crippen molar-refractivity contribution in [1.29, 1.82) is 0 Å². The van der Waals surface area contributed by atoms with Crippen LogP contribution in [0.2, 0.25) is 5.02 Å². The summed E-state index contributed by atoms with van der Waals surface area (Å²) >= 11 is 5.95. The van der Waals surface area contributed by atoms with Gasteiger partial charge in [-0.1, -0.05) is 35.9 Å². The zero-order valence-electron chi connectivity index (χ0n) is 18.2. The van der Waals surface area contributed by atoms with E-state index in [0.717, 1.165) is 17.7 Å². The van der Waals surface area contributed by atoms with E-state index in [2.05, 4.69) is 12.1 Å². The van der Waals surface area contributed by atoms with Gasteiger partial charge in [0.2, 0.25) is 5.91 Å². The number of carbonyl (C=O) groups is 2. The Morgan fingerprint density at radius 1 is 1.06 bits per heavy atom. The minimum atomic E-state index is 0.0773. The highest BCUT2D eigenvalue weighted by Crippen LogP contribution is 2.36. The van der Waals surface area contributed by atoms with Gasteiger partial charge in [0.05, 0.1) is 20.1 Å². The van der Waals surface area contributed by atoms with Gasteiger partial charge in [0.25, 0.3) is 0 Å². The van der Waals surface area contributed by atoms with Crippen LogP contribution in [-0.2, 0) is 20.7 Å². The van der Waals surface area contributed by atoms with E-state index in [-0.39, 0.29) is 23.5 Å². The second-order valence-electron chi connectivity index (χ2n) is 8.06. The third-order valence-corrected chi connectivity index (χ3v) is 6.21. The maximum Gasteiger partial charge on any atom is 0.224 e. The molecule has 0 aromatic heterocycles. The van der Waals surface area contributed by atoms with Crippen molar-refractivity contribution in [3.05, 3.63) is 64.7 Å². The van der Waals surface area contributed by atoms with E-state index >= 15 is 0 Å². The Morgan fingerprint density at radius 3 is 2.42 bits per heavy atom. The number of ketones is 1. The van der Waals surface area contributed by atoms with Crippen LogP contribution in [-0.4, -0.2) is 50.5 Å². The van der Waals surface area contributed by atoms with Crippen molar-refractivity contribution in [3.8, 4) is 5.75 Å².